The number of aromatic amines is 1. The highest BCUT2D eigenvalue weighted by molar-refractivity contribution is 8.01. The Morgan fingerprint density at radius 2 is 1.75 bits per heavy atom. The van der Waals surface area contributed by atoms with Gasteiger partial charge in [0.1, 0.15) is 55.0 Å². The molecule has 1 fully saturated rings. The molecular formula is C31H31N13O10S5. The van der Waals surface area contributed by atoms with Crippen molar-refractivity contribution < 1.29 is 38.4 Å². The molecule has 3 aromatic rings. The van der Waals surface area contributed by atoms with Crippen molar-refractivity contribution in [3.63, 3.8) is 0 Å². The van der Waals surface area contributed by atoms with Crippen molar-refractivity contribution >= 4 is 109 Å². The average Bonchev–Trinajstić information content (AvgIpc) is 3.97. The Balaban J connectivity index is 1.08. The third-order valence-corrected chi connectivity index (χ3v) is 13.6. The van der Waals surface area contributed by atoms with E-state index in [1.807, 2.05) is 0 Å². The number of H-pyrrole nitrogens is 1. The molecule has 0 aromatic carbocycles. The minimum absolute atomic E-state index is 0.0357. The summed E-state index contributed by atoms with van der Waals surface area (Å²) in [5, 5.41) is 23.5. The summed E-state index contributed by atoms with van der Waals surface area (Å²) in [5.74, 6) is -2.35. The van der Waals surface area contributed by atoms with E-state index in [0.717, 1.165) is 40.0 Å². The van der Waals surface area contributed by atoms with Crippen LogP contribution in [-0.4, -0.2) is 132 Å². The summed E-state index contributed by atoms with van der Waals surface area (Å²) in [4.78, 5) is 114. The fourth-order valence-electron chi connectivity index (χ4n) is 5.84. The first-order valence-corrected chi connectivity index (χ1v) is 21.7. The van der Waals surface area contributed by atoms with E-state index >= 15 is 0 Å². The van der Waals surface area contributed by atoms with Crippen LogP contribution in [0.15, 0.2) is 58.4 Å². The van der Waals surface area contributed by atoms with Gasteiger partial charge in [0.05, 0.1) is 5.37 Å². The highest BCUT2D eigenvalue weighted by Gasteiger charge is 2.54. The molecule has 28 heteroatoms. The van der Waals surface area contributed by atoms with E-state index in [1.54, 1.807) is 0 Å². The maximum atomic E-state index is 14.2. The highest BCUT2D eigenvalue weighted by Crippen LogP contribution is 2.42. The molecule has 0 spiro atoms. The number of anilines is 2. The standard InChI is InChI=1S/C31H31N13O10S5/c1-43-31(39-24(48)25(49)40-43)59-8-12-7-56-27-19(37-22(46)18(42-53-3)13-9-57-29(32)34-13)26(50)44(27)20(12)23(47)38-30-35-14(10-58-30)17(41-52-2)21(45)33-4-15-36-16-11(6-55-15)5-54-28(16)51/h9-10,15,19,27,36H,4-8H2,1-3H3,(H2,32,34)(H,33,45)(H,37,46)(H,40,49)(H,35,38,47)/b41-17-,42-18-/t15?,19-,27-/m1/s1. The molecule has 7 rings (SSSR count). The van der Waals surface area contributed by atoms with Crippen LogP contribution < -0.4 is 38.1 Å². The molecule has 1 saturated heterocycles. The minimum Gasteiger partial charge on any atom is -0.456 e. The molecule has 7 N–H and O–H groups in total. The lowest BCUT2D eigenvalue weighted by Gasteiger charge is -2.50. The topological polar surface area (TPSA) is 309 Å². The third kappa shape index (κ3) is 8.70. The van der Waals surface area contributed by atoms with Crippen LogP contribution in [0.1, 0.15) is 11.4 Å². The number of oxime groups is 2. The Kier molecular flexibility index (Phi) is 12.4. The summed E-state index contributed by atoms with van der Waals surface area (Å²) >= 11 is 5.88. The molecule has 4 amide bonds. The largest absolute Gasteiger partial charge is 0.456 e. The fourth-order valence-corrected chi connectivity index (χ4v) is 10.5. The van der Waals surface area contributed by atoms with Gasteiger partial charge in [-0.15, -0.1) is 46.2 Å². The number of aromatic nitrogens is 5. The highest BCUT2D eigenvalue weighted by atomic mass is 32.2. The van der Waals surface area contributed by atoms with Crippen LogP contribution in [0.25, 0.3) is 0 Å². The van der Waals surface area contributed by atoms with Crippen molar-refractivity contribution in [1.29, 1.82) is 0 Å². The number of nitrogens with two attached hydrogens (primary N) is 1. The number of ether oxygens (including phenoxy) is 1. The van der Waals surface area contributed by atoms with E-state index in [9.17, 15) is 33.6 Å². The predicted molar refractivity (Wildman–Crippen MR) is 218 cm³/mol. The molecule has 3 aromatic heterocycles. The number of rotatable bonds is 14. The Morgan fingerprint density at radius 3 is 2.47 bits per heavy atom. The van der Waals surface area contributed by atoms with Crippen molar-refractivity contribution in [2.45, 2.75) is 21.9 Å². The van der Waals surface area contributed by atoms with Gasteiger partial charge in [-0.25, -0.2) is 14.8 Å². The van der Waals surface area contributed by atoms with Gasteiger partial charge in [-0.1, -0.05) is 22.1 Å². The number of nitrogen functional groups attached to an aromatic ring is 1. The second kappa shape index (κ2) is 17.6. The number of hydrogen-bond acceptors (Lipinski definition) is 22. The van der Waals surface area contributed by atoms with Crippen molar-refractivity contribution in [2.75, 3.05) is 55.7 Å². The average molecular weight is 906 g/mol. The number of carbonyl (C=O) groups excluding carboxylic acids is 5. The van der Waals surface area contributed by atoms with Gasteiger partial charge in [0.15, 0.2) is 26.8 Å². The minimum atomic E-state index is -1.07. The normalized spacial score (nSPS) is 20.3. The fraction of sp³-hybridized carbons (Fsp3) is 0.355. The van der Waals surface area contributed by atoms with Gasteiger partial charge >= 0.3 is 17.1 Å². The summed E-state index contributed by atoms with van der Waals surface area (Å²) in [6.45, 7) is 0.351. The number of aryl methyl sites for hydroxylation is 1. The van der Waals surface area contributed by atoms with Crippen LogP contribution >= 0.6 is 58.0 Å². The number of nitrogens with zero attached hydrogens (tertiary/aromatic N) is 7. The number of nitrogens with one attached hydrogen (secondary N) is 5. The van der Waals surface area contributed by atoms with Crippen LogP contribution in [-0.2, 0) is 45.4 Å². The summed E-state index contributed by atoms with van der Waals surface area (Å²) in [7, 11) is 3.99. The van der Waals surface area contributed by atoms with E-state index in [1.165, 1.54) is 65.1 Å². The zero-order chi connectivity index (χ0) is 42.0. The molecule has 59 heavy (non-hydrogen) atoms. The Labute approximate surface area is 352 Å². The second-order valence-corrected chi connectivity index (χ2v) is 17.3. The van der Waals surface area contributed by atoms with E-state index in [0.29, 0.717) is 17.0 Å². The molecule has 4 aliphatic rings. The number of fused-ring (bicyclic) bond motifs is 1. The van der Waals surface area contributed by atoms with Crippen LogP contribution in [0.5, 0.6) is 0 Å². The summed E-state index contributed by atoms with van der Waals surface area (Å²) < 4.78 is 6.32. The molecule has 23 nitrogen and oxygen atoms in total. The smallest absolute Gasteiger partial charge is 0.354 e. The number of β-lactam (4-membered cyclic amide) rings is 1. The van der Waals surface area contributed by atoms with Gasteiger partial charge in [0, 0.05) is 47.2 Å². The summed E-state index contributed by atoms with van der Waals surface area (Å²) in [6.07, 6.45) is 0. The quantitative estimate of drug-likeness (QED) is 0.0263. The van der Waals surface area contributed by atoms with Gasteiger partial charge in [-0.05, 0) is 5.57 Å². The van der Waals surface area contributed by atoms with Crippen molar-refractivity contribution in [2.24, 2.45) is 17.4 Å². The van der Waals surface area contributed by atoms with Crippen molar-refractivity contribution in [3.05, 3.63) is 65.4 Å². The third-order valence-electron chi connectivity index (χ3n) is 8.55. The van der Waals surface area contributed by atoms with Gasteiger partial charge in [-0.2, -0.15) is 4.98 Å². The van der Waals surface area contributed by atoms with Gasteiger partial charge < -0.3 is 36.1 Å². The number of hydrogen-bond donors (Lipinski definition) is 6. The van der Waals surface area contributed by atoms with E-state index < -0.39 is 52.1 Å². The van der Waals surface area contributed by atoms with Crippen molar-refractivity contribution in [3.8, 4) is 0 Å². The number of thioether (sulfide) groups is 3. The molecule has 7 heterocycles. The molecule has 1 unspecified atom stereocenters. The SMILES string of the molecule is CO/N=C(\C(=O)NCC1NC2=C(COC2=O)CS1)c1csc(NC(=O)C2=C(CSc3nc(=O)c(=O)[nH]n3C)CS[C@@H]3[C@H](NC(=O)/C(=N\OC)c4csc(N)n4)C(=O)N23)n1. The van der Waals surface area contributed by atoms with Gasteiger partial charge in [0.25, 0.3) is 23.6 Å². The van der Waals surface area contributed by atoms with Crippen LogP contribution in [0.4, 0.5) is 10.3 Å². The van der Waals surface area contributed by atoms with Gasteiger partial charge in [0.2, 0.25) is 0 Å². The lowest BCUT2D eigenvalue weighted by molar-refractivity contribution is -0.146. The first-order valence-electron chi connectivity index (χ1n) is 16.9. The first-order chi connectivity index (χ1) is 28.4. The van der Waals surface area contributed by atoms with Crippen LogP contribution in [0.3, 0.4) is 0 Å². The Morgan fingerprint density at radius 1 is 1.02 bits per heavy atom. The van der Waals surface area contributed by atoms with Gasteiger partial charge in [-0.3, -0.25) is 48.8 Å². The molecule has 310 valence electrons. The zero-order valence-corrected chi connectivity index (χ0v) is 34.8. The molecule has 3 atom stereocenters. The number of esters is 1. The number of carbonyl (C=O) groups is 5. The summed E-state index contributed by atoms with van der Waals surface area (Å²) in [6, 6.07) is -1.07. The Hall–Kier alpha value is -5.71. The molecule has 0 bridgehead atoms. The lowest BCUT2D eigenvalue weighted by atomic mass is 10.0. The maximum absolute atomic E-state index is 14.2. The number of amides is 4. The van der Waals surface area contributed by atoms with E-state index in [-0.39, 0.29) is 74.0 Å². The molecule has 0 aliphatic carbocycles. The number of thiazole rings is 2. The zero-order valence-electron chi connectivity index (χ0n) is 30.8. The van der Waals surface area contributed by atoms with E-state index in [4.69, 9.17) is 20.1 Å². The number of cyclic esters (lactones) is 1. The first kappa shape index (κ1) is 41.4. The summed E-state index contributed by atoms with van der Waals surface area (Å²) in [5.41, 5.74) is 5.33. The maximum Gasteiger partial charge on any atom is 0.354 e. The molecule has 0 saturated carbocycles. The monoisotopic (exact) mass is 905 g/mol. The lowest BCUT2D eigenvalue weighted by Crippen LogP contribution is -2.71. The van der Waals surface area contributed by atoms with Crippen molar-refractivity contribution in [1.82, 2.24) is 45.6 Å². The Bertz CT molecular complexity index is 2490. The molecular weight excluding hydrogens is 875 g/mol. The van der Waals surface area contributed by atoms with E-state index in [2.05, 4.69) is 51.6 Å². The second-order valence-electron chi connectivity index (χ2n) is 12.3. The molecule has 0 radical (unpaired) electrons. The van der Waals surface area contributed by atoms with Crippen LogP contribution in [0.2, 0.25) is 0 Å². The van der Waals surface area contributed by atoms with Crippen LogP contribution in [0, 0.1) is 0 Å². The predicted octanol–water partition coefficient (Wildman–Crippen LogP) is -1.66. The molecule has 4 aliphatic heterocycles.